The molecule has 96 valence electrons. The number of halogens is 1. The lowest BCUT2D eigenvalue weighted by Gasteiger charge is -2.13. The number of thiazole rings is 1. The van der Waals surface area contributed by atoms with Gasteiger partial charge < -0.3 is 5.32 Å². The number of rotatable bonds is 5. The summed E-state index contributed by atoms with van der Waals surface area (Å²) < 4.78 is 1.27. The van der Waals surface area contributed by atoms with Gasteiger partial charge in [0, 0.05) is 27.2 Å². The zero-order chi connectivity index (χ0) is 13.0. The van der Waals surface area contributed by atoms with Gasteiger partial charge in [-0.05, 0) is 53.6 Å². The van der Waals surface area contributed by atoms with Gasteiger partial charge in [-0.2, -0.15) is 0 Å². The average molecular weight is 372 g/mol. The third kappa shape index (κ3) is 3.76. The maximum atomic E-state index is 4.42. The predicted molar refractivity (Wildman–Crippen MR) is 85.9 cm³/mol. The van der Waals surface area contributed by atoms with Gasteiger partial charge in [0.1, 0.15) is 5.01 Å². The van der Waals surface area contributed by atoms with Crippen molar-refractivity contribution < 1.29 is 0 Å². The maximum Gasteiger partial charge on any atom is 0.107 e. The molecule has 0 saturated heterocycles. The van der Waals surface area contributed by atoms with Gasteiger partial charge in [-0.1, -0.05) is 19.1 Å². The molecule has 1 N–H and O–H groups in total. The van der Waals surface area contributed by atoms with Crippen LogP contribution < -0.4 is 5.32 Å². The largest absolute Gasteiger partial charge is 0.304 e. The highest BCUT2D eigenvalue weighted by Gasteiger charge is 2.06. The van der Waals surface area contributed by atoms with E-state index >= 15 is 0 Å². The predicted octanol–water partition coefficient (Wildman–Crippen LogP) is 4.16. The summed E-state index contributed by atoms with van der Waals surface area (Å²) in [5.74, 6) is 0. The monoisotopic (exact) mass is 372 g/mol. The second-order valence-corrected chi connectivity index (χ2v) is 6.67. The molecule has 0 fully saturated rings. The summed E-state index contributed by atoms with van der Waals surface area (Å²) in [5.41, 5.74) is 1.32. The molecule has 0 spiro atoms. The molecule has 0 radical (unpaired) electrons. The van der Waals surface area contributed by atoms with E-state index in [0.29, 0.717) is 6.04 Å². The van der Waals surface area contributed by atoms with Crippen LogP contribution in [0.1, 0.15) is 35.3 Å². The van der Waals surface area contributed by atoms with Crippen molar-refractivity contribution in [3.63, 3.8) is 0 Å². The van der Waals surface area contributed by atoms with E-state index in [4.69, 9.17) is 0 Å². The van der Waals surface area contributed by atoms with Crippen molar-refractivity contribution in [3.05, 3.63) is 49.5 Å². The van der Waals surface area contributed by atoms with E-state index < -0.39 is 0 Å². The van der Waals surface area contributed by atoms with Crippen molar-refractivity contribution in [1.29, 1.82) is 0 Å². The van der Waals surface area contributed by atoms with Gasteiger partial charge in [0.2, 0.25) is 0 Å². The van der Waals surface area contributed by atoms with E-state index in [1.54, 1.807) is 11.3 Å². The van der Waals surface area contributed by atoms with Crippen LogP contribution in [-0.2, 0) is 13.0 Å². The van der Waals surface area contributed by atoms with E-state index in [-0.39, 0.29) is 0 Å². The van der Waals surface area contributed by atoms with Crippen molar-refractivity contribution in [2.24, 2.45) is 0 Å². The smallest absolute Gasteiger partial charge is 0.107 e. The lowest BCUT2D eigenvalue weighted by molar-refractivity contribution is 0.573. The minimum absolute atomic E-state index is 0.357. The Labute approximate surface area is 126 Å². The van der Waals surface area contributed by atoms with Crippen molar-refractivity contribution in [3.8, 4) is 0 Å². The highest BCUT2D eigenvalue weighted by Crippen LogP contribution is 2.17. The van der Waals surface area contributed by atoms with Gasteiger partial charge in [0.25, 0.3) is 0 Å². The number of hydrogen-bond acceptors (Lipinski definition) is 3. The first-order valence-electron chi connectivity index (χ1n) is 6.11. The van der Waals surface area contributed by atoms with Crippen LogP contribution in [0.25, 0.3) is 0 Å². The molecule has 18 heavy (non-hydrogen) atoms. The van der Waals surface area contributed by atoms with E-state index in [1.807, 2.05) is 6.20 Å². The van der Waals surface area contributed by atoms with E-state index in [1.165, 1.54) is 19.0 Å². The quantitative estimate of drug-likeness (QED) is 0.798. The molecule has 2 rings (SSSR count). The summed E-state index contributed by atoms with van der Waals surface area (Å²) in [6.45, 7) is 5.20. The number of nitrogens with one attached hydrogen (secondary N) is 1. The zero-order valence-electron chi connectivity index (χ0n) is 10.6. The van der Waals surface area contributed by atoms with Crippen molar-refractivity contribution in [2.75, 3.05) is 0 Å². The Hall–Kier alpha value is -0.460. The SMILES string of the molecule is CCc1cnc(CNC(C)c2ccc(I)cc2)s1. The second kappa shape index (κ2) is 6.63. The summed E-state index contributed by atoms with van der Waals surface area (Å²) in [7, 11) is 0. The maximum absolute atomic E-state index is 4.42. The number of nitrogens with zero attached hydrogens (tertiary/aromatic N) is 1. The Morgan fingerprint density at radius 1 is 1.33 bits per heavy atom. The Morgan fingerprint density at radius 3 is 2.67 bits per heavy atom. The third-order valence-corrected chi connectivity index (χ3v) is 4.74. The minimum Gasteiger partial charge on any atom is -0.304 e. The molecule has 4 heteroatoms. The average Bonchev–Trinajstić information content (AvgIpc) is 2.85. The fourth-order valence-electron chi connectivity index (χ4n) is 1.70. The number of hydrogen-bond donors (Lipinski definition) is 1. The Bertz CT molecular complexity index is 493. The molecule has 1 aromatic heterocycles. The fraction of sp³-hybridized carbons (Fsp3) is 0.357. The highest BCUT2D eigenvalue weighted by molar-refractivity contribution is 14.1. The first-order valence-corrected chi connectivity index (χ1v) is 8.01. The van der Waals surface area contributed by atoms with Crippen LogP contribution in [0.3, 0.4) is 0 Å². The molecule has 0 aliphatic rings. The van der Waals surface area contributed by atoms with Crippen LogP contribution in [0.2, 0.25) is 0 Å². The molecule has 0 bridgehead atoms. The molecule has 0 amide bonds. The molecule has 2 nitrogen and oxygen atoms in total. The van der Waals surface area contributed by atoms with Gasteiger partial charge in [-0.25, -0.2) is 4.98 Å². The van der Waals surface area contributed by atoms with E-state index in [9.17, 15) is 0 Å². The molecule has 0 saturated carbocycles. The third-order valence-electron chi connectivity index (χ3n) is 2.88. The molecule has 1 heterocycles. The van der Waals surface area contributed by atoms with Crippen molar-refractivity contribution >= 4 is 33.9 Å². The van der Waals surface area contributed by atoms with Crippen LogP contribution >= 0.6 is 33.9 Å². The molecule has 1 atom stereocenters. The molecule has 0 aliphatic heterocycles. The molecule has 1 unspecified atom stereocenters. The van der Waals surface area contributed by atoms with Crippen LogP contribution in [0, 0.1) is 3.57 Å². The van der Waals surface area contributed by atoms with Crippen LogP contribution in [0.15, 0.2) is 30.5 Å². The van der Waals surface area contributed by atoms with Gasteiger partial charge in [0.05, 0.1) is 0 Å². The topological polar surface area (TPSA) is 24.9 Å². The summed E-state index contributed by atoms with van der Waals surface area (Å²) >= 11 is 4.13. The van der Waals surface area contributed by atoms with Gasteiger partial charge >= 0.3 is 0 Å². The minimum atomic E-state index is 0.357. The van der Waals surface area contributed by atoms with Gasteiger partial charge in [-0.3, -0.25) is 0 Å². The summed E-state index contributed by atoms with van der Waals surface area (Å²) in [6, 6.07) is 9.01. The standard InChI is InChI=1S/C14H17IN2S/c1-3-13-8-17-14(18-13)9-16-10(2)11-4-6-12(15)7-5-11/h4-8,10,16H,3,9H2,1-2H3. The van der Waals surface area contributed by atoms with E-state index in [0.717, 1.165) is 13.0 Å². The Morgan fingerprint density at radius 2 is 2.06 bits per heavy atom. The molecule has 0 aliphatic carbocycles. The molecular formula is C14H17IN2S. The van der Waals surface area contributed by atoms with Crippen molar-refractivity contribution in [2.45, 2.75) is 32.9 Å². The first kappa shape index (κ1) is 14.0. The molecule has 1 aromatic carbocycles. The first-order chi connectivity index (χ1) is 8.69. The molecular weight excluding hydrogens is 355 g/mol. The zero-order valence-corrected chi connectivity index (χ0v) is 13.6. The molecule has 2 aromatic rings. The van der Waals surface area contributed by atoms with E-state index in [2.05, 4.69) is 71.0 Å². The highest BCUT2D eigenvalue weighted by atomic mass is 127. The Balaban J connectivity index is 1.91. The fourth-order valence-corrected chi connectivity index (χ4v) is 2.88. The normalized spacial score (nSPS) is 12.6. The van der Waals surface area contributed by atoms with Crippen LogP contribution in [0.5, 0.6) is 0 Å². The summed E-state index contributed by atoms with van der Waals surface area (Å²) in [4.78, 5) is 5.78. The van der Waals surface area contributed by atoms with Crippen LogP contribution in [-0.4, -0.2) is 4.98 Å². The number of aryl methyl sites for hydroxylation is 1. The number of aromatic nitrogens is 1. The second-order valence-electron chi connectivity index (χ2n) is 4.23. The summed E-state index contributed by atoms with van der Waals surface area (Å²) in [6.07, 6.45) is 3.06. The van der Waals surface area contributed by atoms with Gasteiger partial charge in [0.15, 0.2) is 0 Å². The van der Waals surface area contributed by atoms with Crippen molar-refractivity contribution in [1.82, 2.24) is 10.3 Å². The summed E-state index contributed by atoms with van der Waals surface area (Å²) in [5, 5.41) is 4.69. The van der Waals surface area contributed by atoms with Crippen LogP contribution in [0.4, 0.5) is 0 Å². The van der Waals surface area contributed by atoms with Gasteiger partial charge in [-0.15, -0.1) is 11.3 Å². The lowest BCUT2D eigenvalue weighted by Crippen LogP contribution is -2.17. The Kier molecular flexibility index (Phi) is 5.14. The lowest BCUT2D eigenvalue weighted by atomic mass is 10.1. The number of benzene rings is 1.